The Labute approximate surface area is 102 Å². The molecule has 0 aliphatic rings. The van der Waals surface area contributed by atoms with Gasteiger partial charge in [-0.2, -0.15) is 13.2 Å². The van der Waals surface area contributed by atoms with Gasteiger partial charge in [-0.05, 0) is 18.1 Å². The van der Waals surface area contributed by atoms with Gasteiger partial charge in [0.1, 0.15) is 5.75 Å². The van der Waals surface area contributed by atoms with Crippen LogP contribution in [0.1, 0.15) is 18.1 Å². The van der Waals surface area contributed by atoms with Crippen molar-refractivity contribution in [1.82, 2.24) is 0 Å². The van der Waals surface area contributed by atoms with Gasteiger partial charge in [-0.15, -0.1) is 0 Å². The molecule has 0 aliphatic heterocycles. The molecule has 0 aromatic heterocycles. The van der Waals surface area contributed by atoms with Gasteiger partial charge in [-0.25, -0.2) is 0 Å². The summed E-state index contributed by atoms with van der Waals surface area (Å²) in [5.74, 6) is -2.14. The molecule has 0 radical (unpaired) electrons. The molecule has 1 rings (SSSR count). The quantitative estimate of drug-likeness (QED) is 0.907. The Morgan fingerprint density at radius 2 is 2.06 bits per heavy atom. The Balaban J connectivity index is 3.17. The molecule has 0 bridgehead atoms. The minimum absolute atomic E-state index is 0.0115. The molecule has 0 saturated heterocycles. The Bertz CT molecular complexity index is 441. The van der Waals surface area contributed by atoms with Crippen molar-refractivity contribution >= 4 is 5.97 Å². The van der Waals surface area contributed by atoms with Crippen LogP contribution in [0.5, 0.6) is 5.75 Å². The van der Waals surface area contributed by atoms with E-state index in [0.717, 1.165) is 13.2 Å². The van der Waals surface area contributed by atoms with Crippen molar-refractivity contribution in [2.45, 2.75) is 19.5 Å². The monoisotopic (exact) mass is 262 g/mol. The highest BCUT2D eigenvalue weighted by molar-refractivity contribution is 5.70. The Morgan fingerprint density at radius 3 is 2.50 bits per heavy atom. The number of carboxylic acid groups (broad SMARTS) is 1. The molecule has 100 valence electrons. The van der Waals surface area contributed by atoms with Crippen molar-refractivity contribution in [3.05, 3.63) is 29.3 Å². The summed E-state index contributed by atoms with van der Waals surface area (Å²) < 4.78 is 42.9. The summed E-state index contributed by atoms with van der Waals surface area (Å²) in [5, 5.41) is 8.77. The molecule has 0 aliphatic carbocycles. The molecule has 1 aromatic carbocycles. The van der Waals surface area contributed by atoms with Gasteiger partial charge in [0.05, 0.1) is 18.6 Å². The summed E-state index contributed by atoms with van der Waals surface area (Å²) in [6.07, 6.45) is -4.53. The van der Waals surface area contributed by atoms with E-state index in [9.17, 15) is 18.0 Å². The van der Waals surface area contributed by atoms with Gasteiger partial charge in [0.15, 0.2) is 0 Å². The van der Waals surface area contributed by atoms with E-state index in [2.05, 4.69) is 0 Å². The van der Waals surface area contributed by atoms with Gasteiger partial charge in [0, 0.05) is 0 Å². The third-order valence-electron chi connectivity index (χ3n) is 2.55. The average molecular weight is 262 g/mol. The Morgan fingerprint density at radius 1 is 1.44 bits per heavy atom. The van der Waals surface area contributed by atoms with Gasteiger partial charge in [0.25, 0.3) is 0 Å². The van der Waals surface area contributed by atoms with Crippen LogP contribution < -0.4 is 4.74 Å². The number of hydrogen-bond donors (Lipinski definition) is 1. The number of alkyl halides is 3. The van der Waals surface area contributed by atoms with E-state index in [-0.39, 0.29) is 17.7 Å². The fraction of sp³-hybridized carbons (Fsp3) is 0.417. The van der Waals surface area contributed by atoms with Crippen LogP contribution in [0.4, 0.5) is 13.2 Å². The van der Waals surface area contributed by atoms with Gasteiger partial charge in [0.2, 0.25) is 0 Å². The van der Waals surface area contributed by atoms with Crippen molar-refractivity contribution in [3.63, 3.8) is 0 Å². The van der Waals surface area contributed by atoms with Crippen molar-refractivity contribution < 1.29 is 27.8 Å². The van der Waals surface area contributed by atoms with E-state index in [4.69, 9.17) is 9.84 Å². The normalized spacial score (nSPS) is 13.2. The molecule has 1 atom stereocenters. The minimum atomic E-state index is -4.52. The number of carbonyl (C=O) groups is 1. The fourth-order valence-corrected chi connectivity index (χ4v) is 1.63. The van der Waals surface area contributed by atoms with E-state index in [1.54, 1.807) is 0 Å². The summed E-state index contributed by atoms with van der Waals surface area (Å²) in [5.41, 5.74) is -0.651. The molecule has 1 N–H and O–H groups in total. The third-order valence-corrected chi connectivity index (χ3v) is 2.55. The molecule has 0 heterocycles. The highest BCUT2D eigenvalue weighted by Crippen LogP contribution is 2.38. The second-order valence-corrected chi connectivity index (χ2v) is 3.94. The van der Waals surface area contributed by atoms with Crippen LogP contribution in [0.25, 0.3) is 0 Å². The second kappa shape index (κ2) is 5.29. The summed E-state index contributed by atoms with van der Waals surface area (Å²) >= 11 is 0. The van der Waals surface area contributed by atoms with E-state index in [1.165, 1.54) is 19.1 Å². The lowest BCUT2D eigenvalue weighted by Crippen LogP contribution is -2.15. The second-order valence-electron chi connectivity index (χ2n) is 3.94. The maximum atomic E-state index is 12.7. The summed E-state index contributed by atoms with van der Waals surface area (Å²) in [6, 6.07) is 3.59. The maximum absolute atomic E-state index is 12.7. The summed E-state index contributed by atoms with van der Waals surface area (Å²) in [6.45, 7) is 1.43. The zero-order chi connectivity index (χ0) is 13.9. The number of halogens is 3. The largest absolute Gasteiger partial charge is 0.496 e. The molecule has 1 unspecified atom stereocenters. The highest BCUT2D eigenvalue weighted by Gasteiger charge is 2.35. The van der Waals surface area contributed by atoms with E-state index in [1.807, 2.05) is 0 Å². The first-order valence-corrected chi connectivity index (χ1v) is 5.23. The number of aliphatic carboxylic acids is 1. The lowest BCUT2D eigenvalue weighted by molar-refractivity contribution is -0.141. The van der Waals surface area contributed by atoms with Gasteiger partial charge >= 0.3 is 12.1 Å². The van der Waals surface area contributed by atoms with Crippen LogP contribution >= 0.6 is 0 Å². The van der Waals surface area contributed by atoms with Crippen LogP contribution in [-0.4, -0.2) is 18.2 Å². The first-order chi connectivity index (χ1) is 8.27. The number of benzene rings is 1. The van der Waals surface area contributed by atoms with Crippen LogP contribution in [0, 0.1) is 5.92 Å². The van der Waals surface area contributed by atoms with E-state index >= 15 is 0 Å². The van der Waals surface area contributed by atoms with Crippen molar-refractivity contribution in [2.24, 2.45) is 5.92 Å². The van der Waals surface area contributed by atoms with Gasteiger partial charge in [-0.1, -0.05) is 19.1 Å². The predicted octanol–water partition coefficient (Wildman–Crippen LogP) is 2.98. The fourth-order valence-electron chi connectivity index (χ4n) is 1.63. The van der Waals surface area contributed by atoms with Gasteiger partial charge in [-0.3, -0.25) is 4.79 Å². The topological polar surface area (TPSA) is 46.5 Å². The molecule has 1 aromatic rings. The van der Waals surface area contributed by atoms with Crippen LogP contribution in [-0.2, 0) is 17.4 Å². The Kier molecular flexibility index (Phi) is 4.21. The minimum Gasteiger partial charge on any atom is -0.496 e. The van der Waals surface area contributed by atoms with Crippen LogP contribution in [0.15, 0.2) is 18.2 Å². The van der Waals surface area contributed by atoms with E-state index in [0.29, 0.717) is 0 Å². The predicted molar refractivity (Wildman–Crippen MR) is 58.5 cm³/mol. The molecule has 18 heavy (non-hydrogen) atoms. The zero-order valence-corrected chi connectivity index (χ0v) is 9.91. The molecule has 0 spiro atoms. The van der Waals surface area contributed by atoms with E-state index < -0.39 is 23.6 Å². The molecule has 3 nitrogen and oxygen atoms in total. The van der Waals surface area contributed by atoms with Crippen LogP contribution in [0.3, 0.4) is 0 Å². The number of ether oxygens (including phenoxy) is 1. The van der Waals surface area contributed by atoms with Crippen molar-refractivity contribution in [1.29, 1.82) is 0 Å². The summed E-state index contributed by atoms with van der Waals surface area (Å²) in [4.78, 5) is 10.7. The lowest BCUT2D eigenvalue weighted by atomic mass is 9.98. The van der Waals surface area contributed by atoms with Crippen molar-refractivity contribution in [2.75, 3.05) is 7.11 Å². The number of methoxy groups -OCH3 is 1. The number of hydrogen-bond acceptors (Lipinski definition) is 2. The molecular weight excluding hydrogens is 249 g/mol. The third kappa shape index (κ3) is 3.15. The SMILES string of the molecule is COc1c(CC(C)C(=O)O)cccc1C(F)(F)F. The molecule has 0 saturated carbocycles. The summed E-state index contributed by atoms with van der Waals surface area (Å²) in [7, 11) is 1.14. The standard InChI is InChI=1S/C12H13F3O3/c1-7(11(16)17)6-8-4-3-5-9(10(8)18-2)12(13,14)15/h3-5,7H,6H2,1-2H3,(H,16,17). The highest BCUT2D eigenvalue weighted by atomic mass is 19.4. The number of rotatable bonds is 4. The Hall–Kier alpha value is -1.72. The molecule has 0 fully saturated rings. The maximum Gasteiger partial charge on any atom is 0.419 e. The lowest BCUT2D eigenvalue weighted by Gasteiger charge is -2.16. The first kappa shape index (κ1) is 14.3. The van der Waals surface area contributed by atoms with Crippen LogP contribution in [0.2, 0.25) is 0 Å². The average Bonchev–Trinajstić information content (AvgIpc) is 2.27. The molecule has 6 heteroatoms. The van der Waals surface area contributed by atoms with Gasteiger partial charge < -0.3 is 9.84 Å². The van der Waals surface area contributed by atoms with Crippen molar-refractivity contribution in [3.8, 4) is 5.75 Å². The smallest absolute Gasteiger partial charge is 0.419 e. The number of carboxylic acids is 1. The number of para-hydroxylation sites is 1. The zero-order valence-electron chi connectivity index (χ0n) is 9.91. The first-order valence-electron chi connectivity index (χ1n) is 5.23. The molecule has 0 amide bonds. The molecular formula is C12H13F3O3.